The molecule has 3 unspecified atom stereocenters. The van der Waals surface area contributed by atoms with Crippen molar-refractivity contribution in [2.24, 2.45) is 5.73 Å². The Balaban J connectivity index is 4.29. The molecule has 0 aromatic rings. The van der Waals surface area contributed by atoms with Gasteiger partial charge in [-0.2, -0.15) is 0 Å². The summed E-state index contributed by atoms with van der Waals surface area (Å²) in [5, 5.41) is 8.89. The van der Waals surface area contributed by atoms with Crippen LogP contribution >= 0.6 is 7.82 Å². The predicted molar refractivity (Wildman–Crippen MR) is 226 cm³/mol. The molecule has 0 saturated carbocycles. The van der Waals surface area contributed by atoms with Crippen LogP contribution < -0.4 is 5.73 Å². The van der Waals surface area contributed by atoms with Crippen LogP contribution in [0.5, 0.6) is 0 Å². The zero-order valence-electron chi connectivity index (χ0n) is 34.5. The van der Waals surface area contributed by atoms with Crippen LogP contribution in [0.4, 0.5) is 0 Å². The average molecular weight is 796 g/mol. The summed E-state index contributed by atoms with van der Waals surface area (Å²) in [6.07, 6.45) is 46.9. The van der Waals surface area contributed by atoms with E-state index in [4.69, 9.17) is 29.4 Å². The Hall–Kier alpha value is -2.33. The Morgan fingerprint density at radius 1 is 0.600 bits per heavy atom. The summed E-state index contributed by atoms with van der Waals surface area (Å²) in [7, 11) is -4.62. The number of hydrogen-bond donors (Lipinski definition) is 3. The van der Waals surface area contributed by atoms with Gasteiger partial charge in [0.15, 0.2) is 0 Å². The van der Waals surface area contributed by atoms with Gasteiger partial charge in [-0.3, -0.25) is 18.6 Å². The highest BCUT2D eigenvalue weighted by molar-refractivity contribution is 7.47. The Morgan fingerprint density at radius 3 is 1.58 bits per heavy atom. The van der Waals surface area contributed by atoms with Crippen LogP contribution in [0, 0.1) is 0 Å². The summed E-state index contributed by atoms with van der Waals surface area (Å²) in [5.74, 6) is -1.80. The van der Waals surface area contributed by atoms with Crippen LogP contribution in [0.2, 0.25) is 0 Å². The highest BCUT2D eigenvalue weighted by Gasteiger charge is 2.27. The molecule has 0 aromatic carbocycles. The lowest BCUT2D eigenvalue weighted by molar-refractivity contribution is -0.154. The van der Waals surface area contributed by atoms with E-state index < -0.39 is 45.1 Å². The Kier molecular flexibility index (Phi) is 38.2. The van der Waals surface area contributed by atoms with E-state index in [0.29, 0.717) is 13.0 Å². The van der Waals surface area contributed by atoms with Crippen molar-refractivity contribution < 1.29 is 42.7 Å². The summed E-state index contributed by atoms with van der Waals surface area (Å²) >= 11 is 0. The molecule has 0 spiro atoms. The van der Waals surface area contributed by atoms with Gasteiger partial charge in [0.25, 0.3) is 0 Å². The molecule has 0 aliphatic carbocycles. The van der Waals surface area contributed by atoms with E-state index in [-0.39, 0.29) is 13.0 Å². The van der Waals surface area contributed by atoms with Gasteiger partial charge in [-0.25, -0.2) is 4.57 Å². The van der Waals surface area contributed by atoms with Crippen molar-refractivity contribution >= 4 is 19.8 Å². The topological polar surface area (TPSA) is 155 Å². The Bertz CT molecular complexity index is 1100. The van der Waals surface area contributed by atoms with Crippen molar-refractivity contribution in [2.75, 3.05) is 26.4 Å². The molecule has 0 amide bonds. The van der Waals surface area contributed by atoms with Crippen LogP contribution in [0.3, 0.4) is 0 Å². The molecule has 0 aliphatic rings. The van der Waals surface area contributed by atoms with Gasteiger partial charge in [0.1, 0.15) is 12.1 Å². The summed E-state index contributed by atoms with van der Waals surface area (Å²) in [6.45, 7) is 3.69. The molecular weight excluding hydrogens is 717 g/mol. The smallest absolute Gasteiger partial charge is 0.472 e. The number of aliphatic carboxylic acids is 1. The first kappa shape index (κ1) is 52.7. The SMILES string of the molecule is CC/C=C\C/C=C\C/C=C\CCCCCCCCOCC(COP(=O)(O)OCC(N)C(=O)O)OC(=O)CCCCCCCCC/C=C\C/C=C\CCCCC. The largest absolute Gasteiger partial charge is 0.480 e. The molecule has 0 rings (SSSR count). The molecule has 0 fully saturated rings. The van der Waals surface area contributed by atoms with E-state index in [1.54, 1.807) is 0 Å². The average Bonchev–Trinajstić information content (AvgIpc) is 3.16. The number of phosphoric ester groups is 1. The third-order valence-electron chi connectivity index (χ3n) is 8.78. The number of nitrogens with two attached hydrogens (primary N) is 1. The minimum Gasteiger partial charge on any atom is -0.480 e. The van der Waals surface area contributed by atoms with Crippen molar-refractivity contribution in [1.82, 2.24) is 0 Å². The second-order valence-corrected chi connectivity index (χ2v) is 15.5. The number of carbonyl (C=O) groups excluding carboxylic acids is 1. The monoisotopic (exact) mass is 796 g/mol. The van der Waals surface area contributed by atoms with Crippen molar-refractivity contribution in [3.8, 4) is 0 Å². The Labute approximate surface area is 334 Å². The molecule has 0 radical (unpaired) electrons. The van der Waals surface area contributed by atoms with Crippen LogP contribution in [0.25, 0.3) is 0 Å². The van der Waals surface area contributed by atoms with Gasteiger partial charge in [0, 0.05) is 13.0 Å². The quantitative estimate of drug-likeness (QED) is 0.0236. The Morgan fingerprint density at radius 2 is 1.05 bits per heavy atom. The van der Waals surface area contributed by atoms with Gasteiger partial charge >= 0.3 is 19.8 Å². The maximum atomic E-state index is 12.6. The normalized spacial score (nSPS) is 14.5. The first-order valence-corrected chi connectivity index (χ1v) is 22.8. The molecule has 0 bridgehead atoms. The van der Waals surface area contributed by atoms with Gasteiger partial charge < -0.3 is 25.2 Å². The summed E-state index contributed by atoms with van der Waals surface area (Å²) in [4.78, 5) is 33.5. The molecule has 55 heavy (non-hydrogen) atoms. The van der Waals surface area contributed by atoms with Gasteiger partial charge in [-0.15, -0.1) is 0 Å². The van der Waals surface area contributed by atoms with E-state index >= 15 is 0 Å². The van der Waals surface area contributed by atoms with E-state index in [0.717, 1.165) is 83.5 Å². The zero-order chi connectivity index (χ0) is 40.5. The minimum atomic E-state index is -4.62. The van der Waals surface area contributed by atoms with Gasteiger partial charge in [0.05, 0.1) is 19.8 Å². The van der Waals surface area contributed by atoms with Gasteiger partial charge in [0.2, 0.25) is 0 Å². The summed E-state index contributed by atoms with van der Waals surface area (Å²) in [5.41, 5.74) is 5.35. The molecule has 4 N–H and O–H groups in total. The lowest BCUT2D eigenvalue weighted by Gasteiger charge is -2.20. The summed E-state index contributed by atoms with van der Waals surface area (Å²) in [6, 6.07) is -1.48. The van der Waals surface area contributed by atoms with Crippen molar-refractivity contribution in [3.63, 3.8) is 0 Å². The molecule has 0 aromatic heterocycles. The third kappa shape index (κ3) is 39.7. The molecule has 10 nitrogen and oxygen atoms in total. The number of esters is 1. The first-order chi connectivity index (χ1) is 26.7. The lowest BCUT2D eigenvalue weighted by Crippen LogP contribution is -2.34. The number of carboxylic acid groups (broad SMARTS) is 1. The molecule has 3 atom stereocenters. The van der Waals surface area contributed by atoms with Crippen molar-refractivity contribution in [3.05, 3.63) is 60.8 Å². The van der Waals surface area contributed by atoms with Crippen LogP contribution in [0.1, 0.15) is 168 Å². The van der Waals surface area contributed by atoms with Crippen molar-refractivity contribution in [1.29, 1.82) is 0 Å². The fourth-order valence-electron chi connectivity index (χ4n) is 5.47. The maximum absolute atomic E-state index is 12.6. The molecule has 0 saturated heterocycles. The minimum absolute atomic E-state index is 0.00226. The zero-order valence-corrected chi connectivity index (χ0v) is 35.4. The van der Waals surface area contributed by atoms with Crippen LogP contribution in [-0.2, 0) is 32.7 Å². The number of phosphoric acid groups is 1. The standard InChI is InChI=1S/C44H78NO9P/c1-3-5-7-9-11-13-15-17-19-21-22-24-26-28-30-32-34-36-43(46)54-41(39-52-55(49,50)53-40-42(45)44(47)48)38-51-37-35-33-31-29-27-25-23-20-18-16-14-12-10-8-6-4-2/h6,8,11-14,17-20,41-42H,3-5,7,9-10,15-16,21-40,45H2,1-2H3,(H,47,48)(H,49,50)/b8-6-,13-11-,14-12-,19-17-,20-18-. The van der Waals surface area contributed by atoms with Gasteiger partial charge in [-0.1, -0.05) is 145 Å². The number of hydrogen-bond acceptors (Lipinski definition) is 8. The number of allylic oxidation sites excluding steroid dienone is 10. The third-order valence-corrected chi connectivity index (χ3v) is 9.73. The van der Waals surface area contributed by atoms with E-state index in [1.165, 1.54) is 57.8 Å². The molecular formula is C44H78NO9P. The fourth-order valence-corrected chi connectivity index (χ4v) is 6.25. The van der Waals surface area contributed by atoms with Crippen LogP contribution in [0.15, 0.2) is 60.8 Å². The molecule has 11 heteroatoms. The maximum Gasteiger partial charge on any atom is 0.472 e. The number of carboxylic acids is 1. The van der Waals surface area contributed by atoms with E-state index in [1.807, 2.05) is 0 Å². The predicted octanol–water partition coefficient (Wildman–Crippen LogP) is 11.6. The second-order valence-electron chi connectivity index (χ2n) is 14.1. The van der Waals surface area contributed by atoms with E-state index in [2.05, 4.69) is 74.6 Å². The van der Waals surface area contributed by atoms with Crippen LogP contribution in [-0.4, -0.2) is 60.5 Å². The number of carbonyl (C=O) groups is 2. The molecule has 318 valence electrons. The summed E-state index contributed by atoms with van der Waals surface area (Å²) < 4.78 is 33.3. The molecule has 0 heterocycles. The fraction of sp³-hybridized carbons (Fsp3) is 0.727. The second kappa shape index (κ2) is 39.9. The molecule has 0 aliphatic heterocycles. The highest BCUT2D eigenvalue weighted by atomic mass is 31.2. The number of ether oxygens (including phenoxy) is 2. The number of rotatable bonds is 40. The first-order valence-electron chi connectivity index (χ1n) is 21.3. The van der Waals surface area contributed by atoms with E-state index in [9.17, 15) is 19.0 Å². The lowest BCUT2D eigenvalue weighted by atomic mass is 10.1. The number of unbranched alkanes of at least 4 members (excludes halogenated alkanes) is 16. The van der Waals surface area contributed by atoms with Crippen molar-refractivity contribution in [2.45, 2.75) is 180 Å². The highest BCUT2D eigenvalue weighted by Crippen LogP contribution is 2.43. The van der Waals surface area contributed by atoms with Gasteiger partial charge in [-0.05, 0) is 77.0 Å².